The van der Waals surface area contributed by atoms with Crippen molar-refractivity contribution in [3.05, 3.63) is 34.3 Å². The Balaban J connectivity index is 1.97. The molecule has 5 heteroatoms. The molecule has 2 rings (SSSR count). The van der Waals surface area contributed by atoms with Crippen LogP contribution in [0.1, 0.15) is 57.6 Å². The Bertz CT molecular complexity index is 559. The fourth-order valence-electron chi connectivity index (χ4n) is 3.20. The Labute approximate surface area is 153 Å². The highest BCUT2D eigenvalue weighted by molar-refractivity contribution is 9.10. The molecule has 0 saturated carbocycles. The highest BCUT2D eigenvalue weighted by Crippen LogP contribution is 2.22. The minimum absolute atomic E-state index is 0.0207. The summed E-state index contributed by atoms with van der Waals surface area (Å²) in [6.07, 6.45) is 4.04. The molecule has 0 radical (unpaired) electrons. The average Bonchev–Trinajstić information content (AvgIpc) is 2.60. The fourth-order valence-corrected chi connectivity index (χ4v) is 3.46. The number of carbonyl (C=O) groups is 2. The summed E-state index contributed by atoms with van der Waals surface area (Å²) in [5.41, 5.74) is 1.11. The van der Waals surface area contributed by atoms with Crippen LogP contribution in [0, 0.1) is 5.92 Å². The molecule has 0 aromatic heterocycles. The summed E-state index contributed by atoms with van der Waals surface area (Å²) in [4.78, 5) is 26.6. The first-order valence-electron chi connectivity index (χ1n) is 8.88. The third-order valence-electron chi connectivity index (χ3n) is 4.61. The van der Waals surface area contributed by atoms with E-state index in [1.807, 2.05) is 36.1 Å². The Morgan fingerprint density at radius 2 is 2.00 bits per heavy atom. The minimum atomic E-state index is -0.0935. The van der Waals surface area contributed by atoms with Crippen molar-refractivity contribution in [1.29, 1.82) is 0 Å². The lowest BCUT2D eigenvalue weighted by Gasteiger charge is -2.33. The Hall–Kier alpha value is -1.36. The molecule has 24 heavy (non-hydrogen) atoms. The van der Waals surface area contributed by atoms with Crippen molar-refractivity contribution in [2.45, 2.75) is 52.0 Å². The van der Waals surface area contributed by atoms with Gasteiger partial charge < -0.3 is 10.2 Å². The molecule has 0 aliphatic carbocycles. The number of nitrogens with zero attached hydrogens (tertiary/aromatic N) is 1. The van der Waals surface area contributed by atoms with Crippen LogP contribution < -0.4 is 5.32 Å². The van der Waals surface area contributed by atoms with Crippen molar-refractivity contribution in [1.82, 2.24) is 10.2 Å². The largest absolute Gasteiger partial charge is 0.349 e. The molecule has 1 saturated heterocycles. The second-order valence-corrected chi connectivity index (χ2v) is 7.37. The number of amides is 2. The van der Waals surface area contributed by atoms with E-state index in [4.69, 9.17) is 0 Å². The molecule has 2 amide bonds. The first-order chi connectivity index (χ1) is 11.5. The molecular weight excluding hydrogens is 368 g/mol. The third-order valence-corrected chi connectivity index (χ3v) is 5.13. The van der Waals surface area contributed by atoms with E-state index < -0.39 is 0 Å². The smallest absolute Gasteiger partial charge is 0.225 e. The van der Waals surface area contributed by atoms with E-state index in [0.717, 1.165) is 42.3 Å². The van der Waals surface area contributed by atoms with Gasteiger partial charge in [0.2, 0.25) is 11.8 Å². The quantitative estimate of drug-likeness (QED) is 0.790. The van der Waals surface area contributed by atoms with Crippen LogP contribution in [0.25, 0.3) is 0 Å². The van der Waals surface area contributed by atoms with Crippen LogP contribution >= 0.6 is 15.9 Å². The standard InChI is InChI=1S/C19H27BrN2O2/c1-3-6-18(23)22-12-5-7-15(13-22)19(24)21-17(4-2)14-8-10-16(20)11-9-14/h8-11,15,17H,3-7,12-13H2,1-2H3,(H,21,24)/t15-,17-/m0/s1. The molecule has 1 fully saturated rings. The number of halogens is 1. The van der Waals surface area contributed by atoms with E-state index >= 15 is 0 Å². The van der Waals surface area contributed by atoms with Gasteiger partial charge in [-0.3, -0.25) is 9.59 Å². The van der Waals surface area contributed by atoms with Crippen molar-refractivity contribution < 1.29 is 9.59 Å². The maximum Gasteiger partial charge on any atom is 0.225 e. The molecule has 1 aliphatic heterocycles. The molecule has 4 nitrogen and oxygen atoms in total. The predicted molar refractivity (Wildman–Crippen MR) is 99.5 cm³/mol. The van der Waals surface area contributed by atoms with Crippen LogP contribution in [0.5, 0.6) is 0 Å². The number of hydrogen-bond acceptors (Lipinski definition) is 2. The molecule has 1 heterocycles. The van der Waals surface area contributed by atoms with Gasteiger partial charge in [0.1, 0.15) is 0 Å². The van der Waals surface area contributed by atoms with Crippen molar-refractivity contribution in [3.63, 3.8) is 0 Å². The van der Waals surface area contributed by atoms with Crippen molar-refractivity contribution in [2.75, 3.05) is 13.1 Å². The van der Waals surface area contributed by atoms with E-state index in [1.165, 1.54) is 0 Å². The molecule has 1 aromatic rings. The SMILES string of the molecule is CCCC(=O)N1CCC[C@H](C(=O)N[C@@H](CC)c2ccc(Br)cc2)C1. The molecule has 1 N–H and O–H groups in total. The predicted octanol–water partition coefficient (Wildman–Crippen LogP) is 4.06. The van der Waals surface area contributed by atoms with Gasteiger partial charge in [-0.1, -0.05) is 41.9 Å². The Morgan fingerprint density at radius 1 is 1.29 bits per heavy atom. The van der Waals surface area contributed by atoms with Gasteiger partial charge in [-0.2, -0.15) is 0 Å². The second kappa shape index (κ2) is 9.21. The maximum absolute atomic E-state index is 12.7. The van der Waals surface area contributed by atoms with Gasteiger partial charge in [-0.05, 0) is 43.4 Å². The lowest BCUT2D eigenvalue weighted by atomic mass is 9.95. The number of likely N-dealkylation sites (tertiary alicyclic amines) is 1. The van der Waals surface area contributed by atoms with Gasteiger partial charge in [0.15, 0.2) is 0 Å². The summed E-state index contributed by atoms with van der Waals surface area (Å²) in [7, 11) is 0. The second-order valence-electron chi connectivity index (χ2n) is 6.45. The van der Waals surface area contributed by atoms with Crippen LogP contribution in [0.3, 0.4) is 0 Å². The molecule has 1 aromatic carbocycles. The summed E-state index contributed by atoms with van der Waals surface area (Å²) < 4.78 is 1.03. The zero-order valence-electron chi connectivity index (χ0n) is 14.6. The molecule has 0 spiro atoms. The summed E-state index contributed by atoms with van der Waals surface area (Å²) in [6.45, 7) is 5.43. The topological polar surface area (TPSA) is 49.4 Å². The Morgan fingerprint density at radius 3 is 2.62 bits per heavy atom. The molecule has 1 aliphatic rings. The monoisotopic (exact) mass is 394 g/mol. The van der Waals surface area contributed by atoms with Crippen molar-refractivity contribution >= 4 is 27.7 Å². The highest BCUT2D eigenvalue weighted by atomic mass is 79.9. The molecule has 0 unspecified atom stereocenters. The molecule has 0 bridgehead atoms. The first-order valence-corrected chi connectivity index (χ1v) is 9.68. The number of hydrogen-bond donors (Lipinski definition) is 1. The number of nitrogens with one attached hydrogen (secondary N) is 1. The Kier molecular flexibility index (Phi) is 7.28. The van der Waals surface area contributed by atoms with Crippen molar-refractivity contribution in [2.24, 2.45) is 5.92 Å². The lowest BCUT2D eigenvalue weighted by molar-refractivity contribution is -0.136. The highest BCUT2D eigenvalue weighted by Gasteiger charge is 2.29. The maximum atomic E-state index is 12.7. The van der Waals surface area contributed by atoms with Crippen molar-refractivity contribution in [3.8, 4) is 0 Å². The van der Waals surface area contributed by atoms with Gasteiger partial charge in [-0.15, -0.1) is 0 Å². The summed E-state index contributed by atoms with van der Waals surface area (Å²) >= 11 is 3.44. The van der Waals surface area contributed by atoms with E-state index in [0.29, 0.717) is 13.0 Å². The molecule has 132 valence electrons. The molecular formula is C19H27BrN2O2. The van der Waals surface area contributed by atoms with E-state index in [2.05, 4.69) is 28.2 Å². The van der Waals surface area contributed by atoms with E-state index in [9.17, 15) is 9.59 Å². The summed E-state index contributed by atoms with van der Waals surface area (Å²) in [5.74, 6) is 0.151. The van der Waals surface area contributed by atoms with E-state index in [-0.39, 0.29) is 23.8 Å². The summed E-state index contributed by atoms with van der Waals surface area (Å²) in [6, 6.07) is 8.09. The lowest BCUT2D eigenvalue weighted by Crippen LogP contribution is -2.46. The van der Waals surface area contributed by atoms with Crippen LogP contribution in [0.2, 0.25) is 0 Å². The average molecular weight is 395 g/mol. The van der Waals surface area contributed by atoms with Crippen LogP contribution in [-0.2, 0) is 9.59 Å². The third kappa shape index (κ3) is 5.07. The fraction of sp³-hybridized carbons (Fsp3) is 0.579. The van der Waals surface area contributed by atoms with Gasteiger partial charge in [0.25, 0.3) is 0 Å². The minimum Gasteiger partial charge on any atom is -0.349 e. The van der Waals surface area contributed by atoms with Gasteiger partial charge in [0.05, 0.1) is 12.0 Å². The van der Waals surface area contributed by atoms with Crippen LogP contribution in [0.4, 0.5) is 0 Å². The van der Waals surface area contributed by atoms with Gasteiger partial charge in [-0.25, -0.2) is 0 Å². The van der Waals surface area contributed by atoms with E-state index in [1.54, 1.807) is 0 Å². The number of benzene rings is 1. The van der Waals surface area contributed by atoms with Gasteiger partial charge in [0, 0.05) is 24.0 Å². The summed E-state index contributed by atoms with van der Waals surface area (Å²) in [5, 5.41) is 3.17. The zero-order valence-corrected chi connectivity index (χ0v) is 16.1. The zero-order chi connectivity index (χ0) is 17.5. The molecule has 2 atom stereocenters. The normalized spacial score (nSPS) is 19.0. The number of carbonyl (C=O) groups excluding carboxylic acids is 2. The number of rotatable bonds is 6. The van der Waals surface area contributed by atoms with Gasteiger partial charge >= 0.3 is 0 Å². The van der Waals surface area contributed by atoms with Crippen LogP contribution in [0.15, 0.2) is 28.7 Å². The number of piperidine rings is 1. The van der Waals surface area contributed by atoms with Crippen LogP contribution in [-0.4, -0.2) is 29.8 Å². The first kappa shape index (κ1) is 19.0.